The first-order chi connectivity index (χ1) is 12.3. The summed E-state index contributed by atoms with van der Waals surface area (Å²) in [6, 6.07) is 0. The molecule has 1 aliphatic heterocycles. The van der Waals surface area contributed by atoms with Crippen molar-refractivity contribution in [1.29, 1.82) is 0 Å². The maximum absolute atomic E-state index is 11.4. The largest absolute Gasteiger partial charge is 0.463 e. The van der Waals surface area contributed by atoms with Gasteiger partial charge in [0, 0.05) is 13.5 Å². The Kier molecular flexibility index (Phi) is 14.0. The quantitative estimate of drug-likeness (QED) is 0.187. The highest BCUT2D eigenvalue weighted by Gasteiger charge is 2.36. The normalized spacial score (nSPS) is 19.1. The summed E-state index contributed by atoms with van der Waals surface area (Å²) in [5, 5.41) is 0. The molecule has 1 fully saturated rings. The molecule has 2 atom stereocenters. The summed E-state index contributed by atoms with van der Waals surface area (Å²) in [6.07, 6.45) is 18.1. The zero-order valence-electron chi connectivity index (χ0n) is 16.6. The van der Waals surface area contributed by atoms with E-state index in [-0.39, 0.29) is 5.97 Å². The number of unbranched alkanes of at least 4 members (excludes halogenated alkanes) is 9. The molecule has 0 aromatic heterocycles. The van der Waals surface area contributed by atoms with Crippen LogP contribution in [0.1, 0.15) is 96.8 Å². The third-order valence-electron chi connectivity index (χ3n) is 4.95. The van der Waals surface area contributed by atoms with E-state index in [1.54, 1.807) is 7.11 Å². The van der Waals surface area contributed by atoms with Crippen molar-refractivity contribution in [2.45, 2.75) is 109 Å². The second-order valence-corrected chi connectivity index (χ2v) is 7.29. The summed E-state index contributed by atoms with van der Waals surface area (Å²) in [6.45, 7) is 3.12. The zero-order valence-corrected chi connectivity index (χ0v) is 16.6. The Balaban J connectivity index is 1.77. The van der Waals surface area contributed by atoms with Crippen LogP contribution in [-0.2, 0) is 19.0 Å². The summed E-state index contributed by atoms with van der Waals surface area (Å²) in [4.78, 5) is 11.4. The number of carbonyl (C=O) groups is 1. The van der Waals surface area contributed by atoms with Gasteiger partial charge in [0.15, 0.2) is 0 Å². The number of rotatable bonds is 18. The number of esters is 1. The first-order valence-corrected chi connectivity index (χ1v) is 10.6. The van der Waals surface area contributed by atoms with Crippen molar-refractivity contribution in [3.8, 4) is 0 Å². The predicted octanol–water partition coefficient (Wildman–Crippen LogP) is 5.42. The van der Waals surface area contributed by atoms with Gasteiger partial charge in [0.2, 0.25) is 0 Å². The maximum atomic E-state index is 11.4. The standard InChI is InChI=1S/C21H40O4/c1-3-4-5-6-8-11-14-19-20(25-19)15-12-9-7-10-13-16-21(22)24-18-17-23-2/h19-20H,3-18H2,1-2H3. The fourth-order valence-electron chi connectivity index (χ4n) is 3.27. The number of carbonyl (C=O) groups excluding carboxylic acids is 1. The van der Waals surface area contributed by atoms with Crippen molar-refractivity contribution in [2.24, 2.45) is 0 Å². The van der Waals surface area contributed by atoms with E-state index in [4.69, 9.17) is 14.2 Å². The fourth-order valence-corrected chi connectivity index (χ4v) is 3.27. The number of ether oxygens (including phenoxy) is 3. The van der Waals surface area contributed by atoms with Crippen LogP contribution in [0.25, 0.3) is 0 Å². The van der Waals surface area contributed by atoms with Gasteiger partial charge in [-0.1, -0.05) is 71.1 Å². The van der Waals surface area contributed by atoms with Crippen LogP contribution in [0.4, 0.5) is 0 Å². The molecule has 1 aliphatic rings. The van der Waals surface area contributed by atoms with E-state index in [1.807, 2.05) is 0 Å². The molecule has 4 nitrogen and oxygen atoms in total. The highest BCUT2D eigenvalue weighted by atomic mass is 16.6. The fraction of sp³-hybridized carbons (Fsp3) is 0.952. The van der Waals surface area contributed by atoms with E-state index in [2.05, 4.69) is 6.92 Å². The highest BCUT2D eigenvalue weighted by Crippen LogP contribution is 2.31. The van der Waals surface area contributed by atoms with Crippen molar-refractivity contribution in [1.82, 2.24) is 0 Å². The minimum absolute atomic E-state index is 0.0963. The summed E-state index contributed by atoms with van der Waals surface area (Å²) in [5.74, 6) is -0.0963. The number of epoxide rings is 1. The Morgan fingerprint density at radius 1 is 0.800 bits per heavy atom. The predicted molar refractivity (Wildman–Crippen MR) is 102 cm³/mol. The molecule has 1 saturated heterocycles. The minimum Gasteiger partial charge on any atom is -0.463 e. The van der Waals surface area contributed by atoms with E-state index < -0.39 is 0 Å². The average molecular weight is 357 g/mol. The molecular weight excluding hydrogens is 316 g/mol. The van der Waals surface area contributed by atoms with Crippen LogP contribution in [0.3, 0.4) is 0 Å². The first kappa shape index (κ1) is 22.4. The first-order valence-electron chi connectivity index (χ1n) is 10.6. The van der Waals surface area contributed by atoms with E-state index in [1.165, 1.54) is 70.6 Å². The van der Waals surface area contributed by atoms with Crippen molar-refractivity contribution in [3.63, 3.8) is 0 Å². The van der Waals surface area contributed by atoms with Crippen molar-refractivity contribution in [3.05, 3.63) is 0 Å². The van der Waals surface area contributed by atoms with Gasteiger partial charge in [-0.25, -0.2) is 0 Å². The summed E-state index contributed by atoms with van der Waals surface area (Å²) in [5.41, 5.74) is 0. The molecule has 0 aromatic carbocycles. The molecule has 0 N–H and O–H groups in total. The zero-order chi connectivity index (χ0) is 18.2. The molecule has 0 spiro atoms. The monoisotopic (exact) mass is 356 g/mol. The van der Waals surface area contributed by atoms with Crippen LogP contribution < -0.4 is 0 Å². The Hall–Kier alpha value is -0.610. The van der Waals surface area contributed by atoms with Crippen LogP contribution in [0.5, 0.6) is 0 Å². The van der Waals surface area contributed by atoms with Gasteiger partial charge in [-0.3, -0.25) is 4.79 Å². The lowest BCUT2D eigenvalue weighted by molar-refractivity contribution is -0.145. The van der Waals surface area contributed by atoms with Crippen molar-refractivity contribution in [2.75, 3.05) is 20.3 Å². The number of hydrogen-bond donors (Lipinski definition) is 0. The molecule has 0 amide bonds. The summed E-state index contributed by atoms with van der Waals surface area (Å²) in [7, 11) is 1.61. The Labute approximate surface area is 155 Å². The highest BCUT2D eigenvalue weighted by molar-refractivity contribution is 5.69. The van der Waals surface area contributed by atoms with Gasteiger partial charge in [0.25, 0.3) is 0 Å². The molecule has 0 aromatic rings. The molecule has 4 heteroatoms. The molecule has 0 aliphatic carbocycles. The Morgan fingerprint density at radius 3 is 1.96 bits per heavy atom. The third kappa shape index (κ3) is 13.3. The van der Waals surface area contributed by atoms with Crippen LogP contribution in [-0.4, -0.2) is 38.5 Å². The second-order valence-electron chi connectivity index (χ2n) is 7.29. The molecular formula is C21H40O4. The van der Waals surface area contributed by atoms with Gasteiger partial charge in [-0.05, 0) is 19.3 Å². The van der Waals surface area contributed by atoms with Crippen molar-refractivity contribution >= 4 is 5.97 Å². The summed E-state index contributed by atoms with van der Waals surface area (Å²) < 4.78 is 15.7. The van der Waals surface area contributed by atoms with Gasteiger partial charge < -0.3 is 14.2 Å². The molecule has 1 rings (SSSR count). The Bertz CT molecular complexity index is 319. The lowest BCUT2D eigenvalue weighted by atomic mass is 10.0. The molecule has 0 bridgehead atoms. The summed E-state index contributed by atoms with van der Waals surface area (Å²) >= 11 is 0. The van der Waals surface area contributed by atoms with E-state index in [0.29, 0.717) is 31.8 Å². The van der Waals surface area contributed by atoms with Gasteiger partial charge in [-0.15, -0.1) is 0 Å². The minimum atomic E-state index is -0.0963. The lowest BCUT2D eigenvalue weighted by Crippen LogP contribution is -2.09. The van der Waals surface area contributed by atoms with Crippen LogP contribution in [0.2, 0.25) is 0 Å². The second kappa shape index (κ2) is 15.6. The van der Waals surface area contributed by atoms with E-state index in [9.17, 15) is 4.79 Å². The number of hydrogen-bond acceptors (Lipinski definition) is 4. The maximum Gasteiger partial charge on any atom is 0.305 e. The van der Waals surface area contributed by atoms with Gasteiger partial charge in [-0.2, -0.15) is 0 Å². The van der Waals surface area contributed by atoms with Crippen LogP contribution in [0.15, 0.2) is 0 Å². The SMILES string of the molecule is CCCCCCCCC1OC1CCCCCCCC(=O)OCCOC. The number of methoxy groups -OCH3 is 1. The molecule has 0 radical (unpaired) electrons. The smallest absolute Gasteiger partial charge is 0.305 e. The van der Waals surface area contributed by atoms with Crippen molar-refractivity contribution < 1.29 is 19.0 Å². The van der Waals surface area contributed by atoms with Gasteiger partial charge in [0.05, 0.1) is 18.8 Å². The van der Waals surface area contributed by atoms with Gasteiger partial charge in [0.1, 0.15) is 6.61 Å². The molecule has 25 heavy (non-hydrogen) atoms. The Morgan fingerprint density at radius 2 is 1.36 bits per heavy atom. The molecule has 0 saturated carbocycles. The molecule has 1 heterocycles. The van der Waals surface area contributed by atoms with Crippen LogP contribution in [0, 0.1) is 0 Å². The third-order valence-corrected chi connectivity index (χ3v) is 4.95. The van der Waals surface area contributed by atoms with Crippen LogP contribution >= 0.6 is 0 Å². The van der Waals surface area contributed by atoms with E-state index >= 15 is 0 Å². The topological polar surface area (TPSA) is 48.1 Å². The average Bonchev–Trinajstić information content (AvgIpc) is 3.35. The lowest BCUT2D eigenvalue weighted by Gasteiger charge is -2.04. The van der Waals surface area contributed by atoms with Gasteiger partial charge >= 0.3 is 5.97 Å². The van der Waals surface area contributed by atoms with E-state index in [0.717, 1.165) is 12.8 Å². The molecule has 148 valence electrons. The molecule has 2 unspecified atom stereocenters.